The van der Waals surface area contributed by atoms with Gasteiger partial charge in [-0.2, -0.15) is 5.10 Å². The number of aryl methyl sites for hydroxylation is 1. The molecule has 150 valence electrons. The van der Waals surface area contributed by atoms with Crippen LogP contribution in [0.15, 0.2) is 77.6 Å². The van der Waals surface area contributed by atoms with Crippen LogP contribution in [-0.4, -0.2) is 27.2 Å². The molecule has 0 unspecified atom stereocenters. The molecule has 0 aliphatic carbocycles. The topological polar surface area (TPSA) is 76.9 Å². The summed E-state index contributed by atoms with van der Waals surface area (Å²) in [6.07, 6.45) is 0.527. The van der Waals surface area contributed by atoms with Gasteiger partial charge in [0.25, 0.3) is 11.5 Å². The van der Waals surface area contributed by atoms with Crippen molar-refractivity contribution in [3.05, 3.63) is 94.7 Å². The second-order valence-electron chi connectivity index (χ2n) is 6.79. The Bertz CT molecular complexity index is 1250. The van der Waals surface area contributed by atoms with Crippen molar-refractivity contribution in [3.8, 4) is 11.3 Å². The van der Waals surface area contributed by atoms with Crippen LogP contribution >= 0.6 is 0 Å². The number of pyridine rings is 1. The van der Waals surface area contributed by atoms with E-state index in [1.165, 1.54) is 22.9 Å². The lowest BCUT2D eigenvalue weighted by molar-refractivity contribution is 0.0948. The second-order valence-corrected chi connectivity index (χ2v) is 6.79. The Morgan fingerprint density at radius 3 is 2.60 bits per heavy atom. The third-order valence-corrected chi connectivity index (χ3v) is 4.67. The molecule has 0 aliphatic heterocycles. The van der Waals surface area contributed by atoms with Crippen molar-refractivity contribution in [2.24, 2.45) is 0 Å². The molecule has 0 aliphatic rings. The third kappa shape index (κ3) is 4.41. The van der Waals surface area contributed by atoms with Crippen molar-refractivity contribution in [2.75, 3.05) is 6.54 Å². The molecule has 4 rings (SSSR count). The van der Waals surface area contributed by atoms with Crippen LogP contribution < -0.4 is 10.9 Å². The molecule has 0 atom stereocenters. The maximum atomic E-state index is 13.1. The Morgan fingerprint density at radius 1 is 0.967 bits per heavy atom. The van der Waals surface area contributed by atoms with Gasteiger partial charge in [-0.3, -0.25) is 9.59 Å². The van der Waals surface area contributed by atoms with Crippen molar-refractivity contribution < 1.29 is 9.18 Å². The lowest BCUT2D eigenvalue weighted by Crippen LogP contribution is -2.28. The summed E-state index contributed by atoms with van der Waals surface area (Å²) >= 11 is 0. The summed E-state index contributed by atoms with van der Waals surface area (Å²) in [4.78, 5) is 28.8. The average Bonchev–Trinajstić information content (AvgIpc) is 2.78. The molecule has 0 fully saturated rings. The van der Waals surface area contributed by atoms with Crippen molar-refractivity contribution >= 4 is 16.8 Å². The van der Waals surface area contributed by atoms with E-state index in [-0.39, 0.29) is 17.3 Å². The van der Waals surface area contributed by atoms with E-state index in [9.17, 15) is 14.0 Å². The number of carbonyl (C=O) groups is 1. The van der Waals surface area contributed by atoms with Gasteiger partial charge in [-0.15, -0.1) is 0 Å². The SMILES string of the molecule is O=C(NCCCn1nc(-c2ccc(F)cc2)ccc1=O)c1ccc2ccccc2n1. The lowest BCUT2D eigenvalue weighted by Gasteiger charge is -2.08. The number of hydrogen-bond acceptors (Lipinski definition) is 4. The molecule has 2 heterocycles. The number of benzene rings is 2. The molecule has 2 aromatic carbocycles. The molecular formula is C23H19FN4O2. The predicted octanol–water partition coefficient (Wildman–Crippen LogP) is 3.42. The van der Waals surface area contributed by atoms with Gasteiger partial charge in [0.1, 0.15) is 11.5 Å². The van der Waals surface area contributed by atoms with Gasteiger partial charge in [-0.1, -0.05) is 24.3 Å². The first-order valence-corrected chi connectivity index (χ1v) is 9.58. The van der Waals surface area contributed by atoms with Gasteiger partial charge in [-0.05, 0) is 48.9 Å². The summed E-state index contributed by atoms with van der Waals surface area (Å²) in [7, 11) is 0. The van der Waals surface area contributed by atoms with Crippen LogP contribution in [0.3, 0.4) is 0 Å². The number of para-hydroxylation sites is 1. The molecule has 0 spiro atoms. The minimum atomic E-state index is -0.330. The molecule has 1 amide bonds. The molecule has 4 aromatic rings. The van der Waals surface area contributed by atoms with Gasteiger partial charge in [0.15, 0.2) is 0 Å². The predicted molar refractivity (Wildman–Crippen MR) is 113 cm³/mol. The highest BCUT2D eigenvalue weighted by Gasteiger charge is 2.08. The van der Waals surface area contributed by atoms with Crippen LogP contribution in [0.2, 0.25) is 0 Å². The smallest absolute Gasteiger partial charge is 0.269 e. The Balaban J connectivity index is 1.36. The zero-order valence-electron chi connectivity index (χ0n) is 16.1. The van der Waals surface area contributed by atoms with Gasteiger partial charge in [0.05, 0.1) is 11.2 Å². The number of fused-ring (bicyclic) bond motifs is 1. The van der Waals surface area contributed by atoms with E-state index in [0.717, 1.165) is 16.5 Å². The summed E-state index contributed by atoms with van der Waals surface area (Å²) in [6, 6.07) is 20.1. The van der Waals surface area contributed by atoms with Crippen LogP contribution in [0.25, 0.3) is 22.2 Å². The molecular weight excluding hydrogens is 383 g/mol. The first kappa shape index (κ1) is 19.4. The maximum absolute atomic E-state index is 13.1. The van der Waals surface area contributed by atoms with E-state index in [0.29, 0.717) is 30.9 Å². The number of hydrogen-bond donors (Lipinski definition) is 1. The summed E-state index contributed by atoms with van der Waals surface area (Å²) in [5.74, 6) is -0.593. The van der Waals surface area contributed by atoms with Gasteiger partial charge in [0.2, 0.25) is 0 Å². The highest BCUT2D eigenvalue weighted by Crippen LogP contribution is 2.15. The van der Waals surface area contributed by atoms with E-state index >= 15 is 0 Å². The van der Waals surface area contributed by atoms with E-state index in [2.05, 4.69) is 15.4 Å². The van der Waals surface area contributed by atoms with Crippen molar-refractivity contribution in [1.29, 1.82) is 0 Å². The third-order valence-electron chi connectivity index (χ3n) is 4.67. The monoisotopic (exact) mass is 402 g/mol. The van der Waals surface area contributed by atoms with Gasteiger partial charge in [0, 0.05) is 30.1 Å². The number of amides is 1. The van der Waals surface area contributed by atoms with Crippen LogP contribution in [0.4, 0.5) is 4.39 Å². The summed E-state index contributed by atoms with van der Waals surface area (Å²) < 4.78 is 14.4. The molecule has 6 nitrogen and oxygen atoms in total. The number of rotatable bonds is 6. The van der Waals surface area contributed by atoms with E-state index in [1.807, 2.05) is 30.3 Å². The number of aromatic nitrogens is 3. The van der Waals surface area contributed by atoms with E-state index < -0.39 is 0 Å². The Labute approximate surface area is 172 Å². The molecule has 30 heavy (non-hydrogen) atoms. The maximum Gasteiger partial charge on any atom is 0.269 e. The first-order valence-electron chi connectivity index (χ1n) is 9.58. The number of carbonyl (C=O) groups excluding carboxylic acids is 1. The zero-order valence-corrected chi connectivity index (χ0v) is 16.1. The number of nitrogens with one attached hydrogen (secondary N) is 1. The van der Waals surface area contributed by atoms with Crippen LogP contribution in [0.5, 0.6) is 0 Å². The normalized spacial score (nSPS) is 10.8. The van der Waals surface area contributed by atoms with Gasteiger partial charge >= 0.3 is 0 Å². The molecule has 2 aromatic heterocycles. The minimum absolute atomic E-state index is 0.233. The van der Waals surface area contributed by atoms with E-state index in [4.69, 9.17) is 0 Å². The number of halogens is 1. The van der Waals surface area contributed by atoms with Crippen molar-refractivity contribution in [1.82, 2.24) is 20.1 Å². The first-order chi connectivity index (χ1) is 14.6. The minimum Gasteiger partial charge on any atom is -0.351 e. The van der Waals surface area contributed by atoms with Crippen LogP contribution in [0, 0.1) is 5.82 Å². The highest BCUT2D eigenvalue weighted by molar-refractivity contribution is 5.94. The molecule has 7 heteroatoms. The van der Waals surface area contributed by atoms with E-state index in [1.54, 1.807) is 24.3 Å². The van der Waals surface area contributed by atoms with Crippen LogP contribution in [0.1, 0.15) is 16.9 Å². The van der Waals surface area contributed by atoms with Crippen molar-refractivity contribution in [2.45, 2.75) is 13.0 Å². The fraction of sp³-hybridized carbons (Fsp3) is 0.130. The van der Waals surface area contributed by atoms with Crippen molar-refractivity contribution in [3.63, 3.8) is 0 Å². The van der Waals surface area contributed by atoms with Gasteiger partial charge in [-0.25, -0.2) is 14.1 Å². The summed E-state index contributed by atoms with van der Waals surface area (Å²) in [5.41, 5.74) is 2.18. The molecule has 1 N–H and O–H groups in total. The zero-order chi connectivity index (χ0) is 20.9. The Morgan fingerprint density at radius 2 is 1.77 bits per heavy atom. The molecule has 0 bridgehead atoms. The summed E-state index contributed by atoms with van der Waals surface area (Å²) in [5, 5.41) is 8.13. The molecule has 0 saturated carbocycles. The summed E-state index contributed by atoms with van der Waals surface area (Å²) in [6.45, 7) is 0.724. The van der Waals surface area contributed by atoms with Gasteiger partial charge < -0.3 is 5.32 Å². The fourth-order valence-corrected chi connectivity index (χ4v) is 3.10. The Kier molecular flexibility index (Phi) is 5.61. The average molecular weight is 402 g/mol. The highest BCUT2D eigenvalue weighted by atomic mass is 19.1. The Hall–Kier alpha value is -3.87. The molecule has 0 radical (unpaired) electrons. The van der Waals surface area contributed by atoms with Crippen LogP contribution in [-0.2, 0) is 6.54 Å². The standard InChI is InChI=1S/C23H19FN4O2/c24-18-9-6-17(7-10-18)20-12-13-22(29)28(27-20)15-3-14-25-23(30)21-11-8-16-4-1-2-5-19(16)26-21/h1-2,4-13H,3,14-15H2,(H,25,30). The fourth-order valence-electron chi connectivity index (χ4n) is 3.10. The lowest BCUT2D eigenvalue weighted by atomic mass is 10.1. The molecule has 0 saturated heterocycles. The quantitative estimate of drug-likeness (QED) is 0.502. The largest absolute Gasteiger partial charge is 0.351 e. The second kappa shape index (κ2) is 8.65. The number of nitrogens with zero attached hydrogens (tertiary/aromatic N) is 3.